The highest BCUT2D eigenvalue weighted by Crippen LogP contribution is 2.33. The molecule has 3 rings (SSSR count). The zero-order valence-corrected chi connectivity index (χ0v) is 15.1. The lowest BCUT2D eigenvalue weighted by atomic mass is 10.0. The molecular weight excluding hydrogens is 368 g/mol. The van der Waals surface area contributed by atoms with E-state index in [4.69, 9.17) is 0 Å². The van der Waals surface area contributed by atoms with Gasteiger partial charge >= 0.3 is 5.69 Å². The second kappa shape index (κ2) is 7.95. The van der Waals surface area contributed by atoms with Gasteiger partial charge in [-0.3, -0.25) is 10.1 Å². The van der Waals surface area contributed by atoms with Crippen LogP contribution in [0.25, 0.3) is 0 Å². The number of rotatable bonds is 6. The molecule has 0 aliphatic heterocycles. The van der Waals surface area contributed by atoms with Gasteiger partial charge in [0.25, 0.3) is 0 Å². The smallest absolute Gasteiger partial charge is 0.334 e. The van der Waals surface area contributed by atoms with E-state index >= 15 is 0 Å². The molecule has 0 fully saturated rings. The second-order valence-corrected chi connectivity index (χ2v) is 6.33. The van der Waals surface area contributed by atoms with Gasteiger partial charge in [0.05, 0.1) is 4.92 Å². The summed E-state index contributed by atoms with van der Waals surface area (Å²) in [6.45, 7) is 4.13. The quantitative estimate of drug-likeness (QED) is 0.443. The van der Waals surface area contributed by atoms with Crippen LogP contribution < -0.4 is 10.6 Å². The van der Waals surface area contributed by atoms with E-state index in [1.165, 1.54) is 6.07 Å². The Labute approximate surface area is 159 Å². The Morgan fingerprint density at radius 2 is 1.50 bits per heavy atom. The maximum atomic E-state index is 13.4. The van der Waals surface area contributed by atoms with E-state index < -0.39 is 22.2 Å². The third-order valence-corrected chi connectivity index (χ3v) is 4.03. The molecule has 0 spiro atoms. The highest BCUT2D eigenvalue weighted by atomic mass is 19.2. The van der Waals surface area contributed by atoms with Crippen LogP contribution in [0.15, 0.2) is 48.8 Å². The molecule has 0 atom stereocenters. The first kappa shape index (κ1) is 19.2. The fourth-order valence-corrected chi connectivity index (χ4v) is 2.53. The molecule has 2 N–H and O–H groups in total. The van der Waals surface area contributed by atoms with Crippen molar-refractivity contribution in [2.45, 2.75) is 19.8 Å². The molecule has 144 valence electrons. The Morgan fingerprint density at radius 3 is 2.04 bits per heavy atom. The molecule has 0 bridgehead atoms. The van der Waals surface area contributed by atoms with Crippen molar-refractivity contribution in [1.82, 2.24) is 9.97 Å². The molecule has 0 radical (unpaired) electrons. The summed E-state index contributed by atoms with van der Waals surface area (Å²) >= 11 is 0. The monoisotopic (exact) mass is 385 g/mol. The molecule has 28 heavy (non-hydrogen) atoms. The van der Waals surface area contributed by atoms with Crippen molar-refractivity contribution in [2.24, 2.45) is 0 Å². The van der Waals surface area contributed by atoms with E-state index in [0.29, 0.717) is 11.6 Å². The van der Waals surface area contributed by atoms with Gasteiger partial charge in [-0.2, -0.15) is 0 Å². The van der Waals surface area contributed by atoms with Crippen LogP contribution in [0.4, 0.5) is 37.5 Å². The standard InChI is InChI=1S/C19H17F2N5O2/c1-11(2)12-3-5-13(6-4-12)24-18-17(26(27)28)19(23-10-22-18)25-14-7-8-15(20)16(21)9-14/h3-11H,1-2H3,(H2,22,23,24,25). The van der Waals surface area contributed by atoms with Crippen molar-refractivity contribution < 1.29 is 13.7 Å². The topological polar surface area (TPSA) is 93.0 Å². The summed E-state index contributed by atoms with van der Waals surface area (Å²) in [6.07, 6.45) is 1.14. The molecule has 1 heterocycles. The number of nitrogens with zero attached hydrogens (tertiary/aromatic N) is 3. The van der Waals surface area contributed by atoms with Gasteiger partial charge in [0.1, 0.15) is 6.33 Å². The lowest BCUT2D eigenvalue weighted by molar-refractivity contribution is -0.383. The Morgan fingerprint density at radius 1 is 0.929 bits per heavy atom. The van der Waals surface area contributed by atoms with E-state index in [-0.39, 0.29) is 17.3 Å². The number of hydrogen-bond donors (Lipinski definition) is 2. The largest absolute Gasteiger partial charge is 0.353 e. The predicted octanol–water partition coefficient (Wildman–Crippen LogP) is 5.27. The summed E-state index contributed by atoms with van der Waals surface area (Å²) in [6, 6.07) is 10.5. The highest BCUT2D eigenvalue weighted by molar-refractivity contribution is 5.76. The number of aromatic nitrogens is 2. The maximum absolute atomic E-state index is 13.4. The number of nitrogens with one attached hydrogen (secondary N) is 2. The first-order chi connectivity index (χ1) is 13.3. The molecule has 7 nitrogen and oxygen atoms in total. The van der Waals surface area contributed by atoms with Gasteiger partial charge in [-0.05, 0) is 35.7 Å². The lowest BCUT2D eigenvalue weighted by Crippen LogP contribution is -2.06. The zero-order chi connectivity index (χ0) is 20.3. The van der Waals surface area contributed by atoms with Crippen molar-refractivity contribution in [3.8, 4) is 0 Å². The van der Waals surface area contributed by atoms with Crippen LogP contribution in [0.1, 0.15) is 25.3 Å². The maximum Gasteiger partial charge on any atom is 0.353 e. The normalized spacial score (nSPS) is 10.8. The second-order valence-electron chi connectivity index (χ2n) is 6.33. The molecule has 9 heteroatoms. The molecular formula is C19H17F2N5O2. The summed E-state index contributed by atoms with van der Waals surface area (Å²) in [5, 5.41) is 17.1. The van der Waals surface area contributed by atoms with Crippen LogP contribution in [0.2, 0.25) is 0 Å². The first-order valence-corrected chi connectivity index (χ1v) is 8.43. The number of hydrogen-bond acceptors (Lipinski definition) is 6. The Balaban J connectivity index is 1.92. The molecule has 0 aliphatic rings. The Hall–Kier alpha value is -3.62. The van der Waals surface area contributed by atoms with Gasteiger partial charge in [-0.15, -0.1) is 0 Å². The minimum absolute atomic E-state index is 0.0256. The third kappa shape index (κ3) is 4.20. The van der Waals surface area contributed by atoms with Gasteiger partial charge in [-0.1, -0.05) is 26.0 Å². The van der Waals surface area contributed by atoms with Crippen molar-refractivity contribution in [1.29, 1.82) is 0 Å². The summed E-state index contributed by atoms with van der Waals surface area (Å²) in [5.74, 6) is -1.91. The van der Waals surface area contributed by atoms with Gasteiger partial charge in [0.15, 0.2) is 11.6 Å². The average molecular weight is 385 g/mol. The van der Waals surface area contributed by atoms with Crippen LogP contribution in [0.5, 0.6) is 0 Å². The fourth-order valence-electron chi connectivity index (χ4n) is 2.53. The molecule has 2 aromatic carbocycles. The van der Waals surface area contributed by atoms with Crippen LogP contribution in [0.3, 0.4) is 0 Å². The van der Waals surface area contributed by atoms with Crippen molar-refractivity contribution in [3.05, 3.63) is 76.1 Å². The van der Waals surface area contributed by atoms with E-state index in [0.717, 1.165) is 24.0 Å². The lowest BCUT2D eigenvalue weighted by Gasteiger charge is -2.11. The third-order valence-electron chi connectivity index (χ3n) is 4.03. The van der Waals surface area contributed by atoms with Crippen molar-refractivity contribution >= 4 is 28.7 Å². The van der Waals surface area contributed by atoms with Crippen molar-refractivity contribution in [2.75, 3.05) is 10.6 Å². The van der Waals surface area contributed by atoms with Crippen molar-refractivity contribution in [3.63, 3.8) is 0 Å². The minimum atomic E-state index is -1.08. The van der Waals surface area contributed by atoms with Crippen LogP contribution >= 0.6 is 0 Å². The van der Waals surface area contributed by atoms with E-state index in [2.05, 4.69) is 34.4 Å². The van der Waals surface area contributed by atoms with Crippen LogP contribution in [0, 0.1) is 21.7 Å². The molecule has 0 unspecified atom stereocenters. The minimum Gasteiger partial charge on any atom is -0.334 e. The Bertz CT molecular complexity index is 1010. The molecule has 0 saturated carbocycles. The van der Waals surface area contributed by atoms with E-state index in [1.54, 1.807) is 12.1 Å². The van der Waals surface area contributed by atoms with Gasteiger partial charge < -0.3 is 10.6 Å². The highest BCUT2D eigenvalue weighted by Gasteiger charge is 2.23. The summed E-state index contributed by atoms with van der Waals surface area (Å²) in [5.41, 5.74) is 1.45. The molecule has 1 aromatic heterocycles. The summed E-state index contributed by atoms with van der Waals surface area (Å²) < 4.78 is 26.5. The SMILES string of the molecule is CC(C)c1ccc(Nc2ncnc(Nc3ccc(F)c(F)c3)c2[N+](=O)[O-])cc1. The average Bonchev–Trinajstić information content (AvgIpc) is 2.65. The predicted molar refractivity (Wildman–Crippen MR) is 102 cm³/mol. The molecule has 3 aromatic rings. The fraction of sp³-hybridized carbons (Fsp3) is 0.158. The van der Waals surface area contributed by atoms with Crippen LogP contribution in [-0.4, -0.2) is 14.9 Å². The molecule has 0 saturated heterocycles. The first-order valence-electron chi connectivity index (χ1n) is 8.43. The summed E-state index contributed by atoms with van der Waals surface area (Å²) in [7, 11) is 0. The number of halogens is 2. The van der Waals surface area contributed by atoms with E-state index in [9.17, 15) is 18.9 Å². The van der Waals surface area contributed by atoms with Gasteiger partial charge in [0, 0.05) is 17.4 Å². The zero-order valence-electron chi connectivity index (χ0n) is 15.1. The van der Waals surface area contributed by atoms with Gasteiger partial charge in [0.2, 0.25) is 11.6 Å². The number of nitro groups is 1. The van der Waals surface area contributed by atoms with Gasteiger partial charge in [-0.25, -0.2) is 18.7 Å². The Kier molecular flexibility index (Phi) is 5.44. The number of benzene rings is 2. The van der Waals surface area contributed by atoms with Crippen LogP contribution in [-0.2, 0) is 0 Å². The number of anilines is 4. The summed E-state index contributed by atoms with van der Waals surface area (Å²) in [4.78, 5) is 18.8. The molecule has 0 aliphatic carbocycles. The molecule has 0 amide bonds. The van der Waals surface area contributed by atoms with E-state index in [1.807, 2.05) is 12.1 Å².